The summed E-state index contributed by atoms with van der Waals surface area (Å²) in [4.78, 5) is 41.5. The molecule has 2 N–H and O–H groups in total. The summed E-state index contributed by atoms with van der Waals surface area (Å²) in [6.45, 7) is 4.89. The van der Waals surface area contributed by atoms with E-state index >= 15 is 0 Å². The van der Waals surface area contributed by atoms with E-state index in [1.165, 1.54) is 0 Å². The zero-order valence-corrected chi connectivity index (χ0v) is 27.7. The van der Waals surface area contributed by atoms with Crippen LogP contribution in [0.15, 0.2) is 109 Å². The van der Waals surface area contributed by atoms with Gasteiger partial charge in [0.05, 0.1) is 19.8 Å². The fraction of sp³-hybridized carbons (Fsp3) is 0.308. The van der Waals surface area contributed by atoms with Crippen LogP contribution in [0.4, 0.5) is 0 Å². The Bertz CT molecular complexity index is 1630. The van der Waals surface area contributed by atoms with Crippen LogP contribution in [-0.2, 0) is 50.1 Å². The second-order valence-corrected chi connectivity index (χ2v) is 11.9. The van der Waals surface area contributed by atoms with Crippen LogP contribution in [0.25, 0.3) is 0 Å². The average molecular weight is 666 g/mol. The molecule has 1 aliphatic heterocycles. The van der Waals surface area contributed by atoms with Gasteiger partial charge in [-0.2, -0.15) is 0 Å². The van der Waals surface area contributed by atoms with Gasteiger partial charge in [-0.3, -0.25) is 14.5 Å². The third-order valence-corrected chi connectivity index (χ3v) is 7.99. The molecule has 5 rings (SSSR count). The third-order valence-electron chi connectivity index (χ3n) is 7.99. The lowest BCUT2D eigenvalue weighted by molar-refractivity contribution is -0.149. The number of morpholine rings is 1. The lowest BCUT2D eigenvalue weighted by atomic mass is 10.0. The maximum atomic E-state index is 13.5. The summed E-state index contributed by atoms with van der Waals surface area (Å²) in [5.74, 6) is -0.323. The van der Waals surface area contributed by atoms with E-state index in [0.29, 0.717) is 51.0 Å². The largest absolute Gasteiger partial charge is 0.485 e. The van der Waals surface area contributed by atoms with Crippen LogP contribution in [0.5, 0.6) is 11.5 Å². The minimum Gasteiger partial charge on any atom is -0.485 e. The first-order chi connectivity index (χ1) is 23.9. The Morgan fingerprint density at radius 1 is 0.694 bits per heavy atom. The number of carbonyl (C=O) groups excluding carboxylic acids is 3. The molecule has 0 saturated carbocycles. The number of hydrogen-bond acceptors (Lipinski definition) is 8. The zero-order chi connectivity index (χ0) is 34.3. The normalized spacial score (nSPS) is 14.2. The molecule has 1 aliphatic rings. The molecule has 1 fully saturated rings. The molecule has 0 aliphatic carbocycles. The lowest BCUT2D eigenvalue weighted by Gasteiger charge is -2.26. The van der Waals surface area contributed by atoms with Crippen LogP contribution in [0.2, 0.25) is 0 Å². The van der Waals surface area contributed by atoms with Crippen LogP contribution in [0.1, 0.15) is 29.2 Å². The molecule has 49 heavy (non-hydrogen) atoms. The molecular weight excluding hydrogens is 622 g/mol. The maximum Gasteiger partial charge on any atom is 0.329 e. The number of nitrogens with one attached hydrogen (secondary N) is 2. The first-order valence-corrected chi connectivity index (χ1v) is 16.5. The van der Waals surface area contributed by atoms with Gasteiger partial charge in [-0.1, -0.05) is 97.1 Å². The predicted molar refractivity (Wildman–Crippen MR) is 185 cm³/mol. The number of benzene rings is 4. The highest BCUT2D eigenvalue weighted by molar-refractivity contribution is 5.91. The number of nitrogens with zero attached hydrogens (tertiary/aromatic N) is 1. The van der Waals surface area contributed by atoms with Crippen LogP contribution >= 0.6 is 0 Å². The van der Waals surface area contributed by atoms with Crippen molar-refractivity contribution < 1.29 is 33.3 Å². The summed E-state index contributed by atoms with van der Waals surface area (Å²) in [5, 5.41) is 5.56. The van der Waals surface area contributed by atoms with E-state index in [4.69, 9.17) is 18.9 Å². The highest BCUT2D eigenvalue weighted by Crippen LogP contribution is 2.31. The minimum absolute atomic E-state index is 0.0512. The molecule has 0 radical (unpaired) electrons. The number of ether oxygens (including phenoxy) is 4. The molecule has 4 aromatic rings. The van der Waals surface area contributed by atoms with Gasteiger partial charge in [-0.15, -0.1) is 0 Å². The van der Waals surface area contributed by atoms with Crippen LogP contribution in [0, 0.1) is 0 Å². The van der Waals surface area contributed by atoms with Crippen LogP contribution in [0.3, 0.4) is 0 Å². The number of rotatable bonds is 16. The Hall–Kier alpha value is -5.19. The smallest absolute Gasteiger partial charge is 0.329 e. The maximum absolute atomic E-state index is 13.5. The minimum atomic E-state index is -1.03. The number of carbonyl (C=O) groups is 3. The van der Waals surface area contributed by atoms with Crippen molar-refractivity contribution in [3.8, 4) is 11.5 Å². The first-order valence-electron chi connectivity index (χ1n) is 16.5. The Morgan fingerprint density at radius 2 is 1.24 bits per heavy atom. The molecule has 1 saturated heterocycles. The van der Waals surface area contributed by atoms with Crippen molar-refractivity contribution in [1.29, 1.82) is 0 Å². The van der Waals surface area contributed by atoms with Gasteiger partial charge in [-0.05, 0) is 41.3 Å². The number of esters is 1. The summed E-state index contributed by atoms with van der Waals surface area (Å²) < 4.78 is 23.4. The summed E-state index contributed by atoms with van der Waals surface area (Å²) in [7, 11) is 0. The van der Waals surface area contributed by atoms with E-state index in [1.54, 1.807) is 13.0 Å². The van der Waals surface area contributed by atoms with Gasteiger partial charge in [0.15, 0.2) is 11.5 Å². The molecule has 10 heteroatoms. The average Bonchev–Trinajstić information content (AvgIpc) is 3.13. The standard InChI is InChI=1S/C39H43N3O7/c1-29(40-37(43)25-42-19-21-46-22-20-42)38(44)41-34(39(45)49-28-32-15-9-4-10-16-32)23-33-17-18-35(47-26-30-11-5-2-6-12-30)36(24-33)48-27-31-13-7-3-8-14-31/h2-18,24,29,34H,19-23,25-28H2,1H3,(H,40,43)(H,41,44). The molecule has 0 bridgehead atoms. The van der Waals surface area contributed by atoms with Gasteiger partial charge in [0.1, 0.15) is 31.9 Å². The SMILES string of the molecule is CC(NC(=O)CN1CCOCC1)C(=O)NC(Cc1ccc(OCc2ccccc2)c(OCc2ccccc2)c1)C(=O)OCc1ccccc1. The number of amides is 2. The molecule has 2 amide bonds. The highest BCUT2D eigenvalue weighted by atomic mass is 16.5. The van der Waals surface area contributed by atoms with E-state index in [0.717, 1.165) is 22.3 Å². The van der Waals surface area contributed by atoms with Crippen molar-refractivity contribution in [3.63, 3.8) is 0 Å². The van der Waals surface area contributed by atoms with E-state index in [-0.39, 0.29) is 25.5 Å². The van der Waals surface area contributed by atoms with Crippen molar-refractivity contribution in [1.82, 2.24) is 15.5 Å². The van der Waals surface area contributed by atoms with Gasteiger partial charge in [0.2, 0.25) is 11.8 Å². The van der Waals surface area contributed by atoms with Gasteiger partial charge in [0.25, 0.3) is 0 Å². The molecule has 1 heterocycles. The van der Waals surface area contributed by atoms with Gasteiger partial charge in [-0.25, -0.2) is 4.79 Å². The molecule has 256 valence electrons. The van der Waals surface area contributed by atoms with E-state index in [2.05, 4.69) is 10.6 Å². The van der Waals surface area contributed by atoms with E-state index < -0.39 is 24.0 Å². The van der Waals surface area contributed by atoms with E-state index in [1.807, 2.05) is 108 Å². The molecule has 0 aromatic heterocycles. The summed E-state index contributed by atoms with van der Waals surface area (Å²) in [6.07, 6.45) is 0.120. The molecule has 4 aromatic carbocycles. The molecule has 2 atom stereocenters. The summed E-state index contributed by atoms with van der Waals surface area (Å²) >= 11 is 0. The monoisotopic (exact) mass is 665 g/mol. The Labute approximate surface area is 287 Å². The summed E-state index contributed by atoms with van der Waals surface area (Å²) in [6, 6.07) is 32.5. The molecular formula is C39H43N3O7. The topological polar surface area (TPSA) is 115 Å². The van der Waals surface area contributed by atoms with E-state index in [9.17, 15) is 14.4 Å². The Balaban J connectivity index is 1.30. The first kappa shape index (κ1) is 35.1. The van der Waals surface area contributed by atoms with Crippen molar-refractivity contribution >= 4 is 17.8 Å². The van der Waals surface area contributed by atoms with Crippen molar-refractivity contribution in [2.45, 2.75) is 45.2 Å². The Kier molecular flexibility index (Phi) is 13.2. The third kappa shape index (κ3) is 11.5. The fourth-order valence-corrected chi connectivity index (χ4v) is 5.25. The van der Waals surface area contributed by atoms with Crippen LogP contribution in [-0.4, -0.2) is 67.6 Å². The Morgan fingerprint density at radius 3 is 1.84 bits per heavy atom. The summed E-state index contributed by atoms with van der Waals surface area (Å²) in [5.41, 5.74) is 3.54. The fourth-order valence-electron chi connectivity index (χ4n) is 5.25. The van der Waals surface area contributed by atoms with Crippen LogP contribution < -0.4 is 20.1 Å². The van der Waals surface area contributed by atoms with Crippen molar-refractivity contribution in [3.05, 3.63) is 131 Å². The second-order valence-electron chi connectivity index (χ2n) is 11.9. The second kappa shape index (κ2) is 18.4. The van der Waals surface area contributed by atoms with Gasteiger partial charge < -0.3 is 29.6 Å². The van der Waals surface area contributed by atoms with Gasteiger partial charge >= 0.3 is 5.97 Å². The molecule has 2 unspecified atom stereocenters. The number of hydrogen-bond donors (Lipinski definition) is 2. The molecule has 10 nitrogen and oxygen atoms in total. The quantitative estimate of drug-likeness (QED) is 0.169. The van der Waals surface area contributed by atoms with Crippen molar-refractivity contribution in [2.24, 2.45) is 0 Å². The van der Waals surface area contributed by atoms with Crippen molar-refractivity contribution in [2.75, 3.05) is 32.8 Å². The van der Waals surface area contributed by atoms with Gasteiger partial charge in [0, 0.05) is 19.5 Å². The highest BCUT2D eigenvalue weighted by Gasteiger charge is 2.27. The molecule has 0 spiro atoms. The predicted octanol–water partition coefficient (Wildman–Crippen LogP) is 4.45. The zero-order valence-electron chi connectivity index (χ0n) is 27.7. The lowest BCUT2D eigenvalue weighted by Crippen LogP contribution is -2.53.